The van der Waals surface area contributed by atoms with Crippen molar-refractivity contribution in [2.45, 2.75) is 0 Å². The Morgan fingerprint density at radius 3 is 2.89 bits per heavy atom. The van der Waals surface area contributed by atoms with Crippen molar-refractivity contribution in [1.82, 2.24) is 15.2 Å². The van der Waals surface area contributed by atoms with E-state index < -0.39 is 0 Å². The molecule has 2 aromatic rings. The number of carbonyl (C=O) groups is 1. The molecule has 1 heterocycles. The van der Waals surface area contributed by atoms with Gasteiger partial charge in [0, 0.05) is 17.6 Å². The lowest BCUT2D eigenvalue weighted by Gasteiger charge is -2.01. The molecule has 0 fully saturated rings. The molecule has 0 saturated heterocycles. The first-order valence-corrected chi connectivity index (χ1v) is 6.80. The highest BCUT2D eigenvalue weighted by atomic mass is 127. The van der Waals surface area contributed by atoms with Crippen LogP contribution in [0.3, 0.4) is 0 Å². The summed E-state index contributed by atoms with van der Waals surface area (Å²) in [6.45, 7) is 0. The van der Waals surface area contributed by atoms with Crippen LogP contribution < -0.4 is 5.43 Å². The number of nitrogens with one attached hydrogen (secondary N) is 1. The molecule has 1 aromatic heterocycles. The lowest BCUT2D eigenvalue weighted by molar-refractivity contribution is 0.0945. The zero-order valence-electron chi connectivity index (χ0n) is 9.97. The van der Waals surface area contributed by atoms with Gasteiger partial charge in [0.25, 0.3) is 5.91 Å². The second kappa shape index (κ2) is 6.16. The molecule has 1 aromatic carbocycles. The quantitative estimate of drug-likeness (QED) is 0.499. The van der Waals surface area contributed by atoms with Crippen LogP contribution in [-0.2, 0) is 7.05 Å². The van der Waals surface area contributed by atoms with Crippen molar-refractivity contribution < 1.29 is 4.79 Å². The fourth-order valence-electron chi connectivity index (χ4n) is 1.46. The third-order valence-corrected chi connectivity index (χ3v) is 3.52. The Labute approximate surface area is 128 Å². The third kappa shape index (κ3) is 3.32. The Balaban J connectivity index is 2.08. The van der Waals surface area contributed by atoms with Crippen molar-refractivity contribution in [1.29, 1.82) is 0 Å². The summed E-state index contributed by atoms with van der Waals surface area (Å²) in [4.78, 5) is 11.9. The fourth-order valence-corrected chi connectivity index (χ4v) is 2.36. The summed E-state index contributed by atoms with van der Waals surface area (Å²) in [7, 11) is 1.70. The van der Waals surface area contributed by atoms with Gasteiger partial charge >= 0.3 is 0 Å². The highest BCUT2D eigenvalue weighted by Crippen LogP contribution is 2.12. The van der Waals surface area contributed by atoms with Gasteiger partial charge in [0.2, 0.25) is 0 Å². The first-order valence-electron chi connectivity index (χ1n) is 5.35. The summed E-state index contributed by atoms with van der Waals surface area (Å²) >= 11 is 8.02. The lowest BCUT2D eigenvalue weighted by atomic mass is 10.2. The van der Waals surface area contributed by atoms with Gasteiger partial charge in [-0.1, -0.05) is 29.8 Å². The number of hydrogen-bond donors (Lipinski definition) is 1. The SMILES string of the molecule is Cn1ncc(I)c1C(=O)N/N=C\c1ccccc1Cl. The molecular formula is C12H10ClIN4O. The number of rotatable bonds is 3. The van der Waals surface area contributed by atoms with Gasteiger partial charge in [-0.2, -0.15) is 10.2 Å². The molecular weight excluding hydrogens is 379 g/mol. The minimum Gasteiger partial charge on any atom is -0.266 e. The molecule has 5 nitrogen and oxygen atoms in total. The number of hydrogen-bond acceptors (Lipinski definition) is 3. The molecule has 0 bridgehead atoms. The second-order valence-electron chi connectivity index (χ2n) is 3.69. The van der Waals surface area contributed by atoms with Gasteiger partial charge in [0.05, 0.1) is 16.0 Å². The molecule has 0 spiro atoms. The van der Waals surface area contributed by atoms with Gasteiger partial charge in [-0.15, -0.1) is 0 Å². The monoisotopic (exact) mass is 388 g/mol. The highest BCUT2D eigenvalue weighted by Gasteiger charge is 2.14. The Morgan fingerprint density at radius 1 is 1.53 bits per heavy atom. The molecule has 98 valence electrons. The Morgan fingerprint density at radius 2 is 2.26 bits per heavy atom. The van der Waals surface area contributed by atoms with E-state index in [-0.39, 0.29) is 5.91 Å². The maximum atomic E-state index is 11.9. The summed E-state index contributed by atoms with van der Waals surface area (Å²) in [6, 6.07) is 7.25. The molecule has 0 unspecified atom stereocenters. The van der Waals surface area contributed by atoms with E-state index in [0.717, 1.165) is 9.13 Å². The molecule has 2 rings (SSSR count). The summed E-state index contributed by atoms with van der Waals surface area (Å²) < 4.78 is 2.27. The number of halogens is 2. The topological polar surface area (TPSA) is 59.3 Å². The van der Waals surface area contributed by atoms with Crippen LogP contribution in [0.5, 0.6) is 0 Å². The minimum absolute atomic E-state index is 0.312. The van der Waals surface area contributed by atoms with Gasteiger partial charge in [0.1, 0.15) is 5.69 Å². The van der Waals surface area contributed by atoms with E-state index in [9.17, 15) is 4.79 Å². The molecule has 1 amide bonds. The van der Waals surface area contributed by atoms with E-state index in [2.05, 4.69) is 15.6 Å². The molecule has 0 aliphatic rings. The summed E-state index contributed by atoms with van der Waals surface area (Å²) in [5.74, 6) is -0.312. The number of hydrazone groups is 1. The van der Waals surface area contributed by atoms with E-state index in [0.29, 0.717) is 10.7 Å². The molecule has 0 radical (unpaired) electrons. The maximum absolute atomic E-state index is 11.9. The van der Waals surface area contributed by atoms with Crippen LogP contribution in [0.1, 0.15) is 16.1 Å². The van der Waals surface area contributed by atoms with Gasteiger partial charge in [-0.05, 0) is 28.7 Å². The van der Waals surface area contributed by atoms with Crippen molar-refractivity contribution in [3.63, 3.8) is 0 Å². The third-order valence-electron chi connectivity index (χ3n) is 2.38. The van der Waals surface area contributed by atoms with Crippen molar-refractivity contribution >= 4 is 46.3 Å². The summed E-state index contributed by atoms with van der Waals surface area (Å²) in [5.41, 5.74) is 3.66. The lowest BCUT2D eigenvalue weighted by Crippen LogP contribution is -2.21. The average Bonchev–Trinajstić information content (AvgIpc) is 2.71. The van der Waals surface area contributed by atoms with Crippen molar-refractivity contribution in [3.05, 3.63) is 50.3 Å². The van der Waals surface area contributed by atoms with Gasteiger partial charge in [-0.25, -0.2) is 5.43 Å². The van der Waals surface area contributed by atoms with Crippen molar-refractivity contribution in [2.75, 3.05) is 0 Å². The summed E-state index contributed by atoms with van der Waals surface area (Å²) in [5, 5.41) is 8.46. The Bertz CT molecular complexity index is 619. The molecule has 0 aliphatic carbocycles. The first kappa shape index (κ1) is 14.0. The largest absolute Gasteiger partial charge is 0.290 e. The first-order chi connectivity index (χ1) is 9.09. The number of aromatic nitrogens is 2. The average molecular weight is 389 g/mol. The Kier molecular flexibility index (Phi) is 4.54. The number of aryl methyl sites for hydroxylation is 1. The zero-order valence-corrected chi connectivity index (χ0v) is 12.9. The van der Waals surface area contributed by atoms with E-state index >= 15 is 0 Å². The van der Waals surface area contributed by atoms with Crippen LogP contribution in [0, 0.1) is 3.57 Å². The van der Waals surface area contributed by atoms with Crippen LogP contribution in [-0.4, -0.2) is 21.9 Å². The molecule has 7 heteroatoms. The van der Waals surface area contributed by atoms with E-state index in [1.165, 1.54) is 10.9 Å². The minimum atomic E-state index is -0.312. The van der Waals surface area contributed by atoms with Crippen LogP contribution >= 0.6 is 34.2 Å². The van der Waals surface area contributed by atoms with Crippen LogP contribution in [0.15, 0.2) is 35.6 Å². The van der Waals surface area contributed by atoms with E-state index in [1.807, 2.05) is 40.8 Å². The van der Waals surface area contributed by atoms with Crippen LogP contribution in [0.4, 0.5) is 0 Å². The molecule has 19 heavy (non-hydrogen) atoms. The van der Waals surface area contributed by atoms with E-state index in [4.69, 9.17) is 11.6 Å². The summed E-state index contributed by atoms with van der Waals surface area (Å²) in [6.07, 6.45) is 3.12. The van der Waals surface area contributed by atoms with E-state index in [1.54, 1.807) is 19.3 Å². The maximum Gasteiger partial charge on any atom is 0.290 e. The number of carbonyl (C=O) groups excluding carboxylic acids is 1. The molecule has 0 aliphatic heterocycles. The number of amides is 1. The Hall–Kier alpha value is -1.41. The number of nitrogens with zero attached hydrogens (tertiary/aromatic N) is 3. The smallest absolute Gasteiger partial charge is 0.266 e. The second-order valence-corrected chi connectivity index (χ2v) is 5.25. The molecule has 0 saturated carbocycles. The highest BCUT2D eigenvalue weighted by molar-refractivity contribution is 14.1. The van der Waals surface area contributed by atoms with Gasteiger partial charge < -0.3 is 0 Å². The normalized spacial score (nSPS) is 10.9. The van der Waals surface area contributed by atoms with Gasteiger partial charge in [0.15, 0.2) is 0 Å². The standard InChI is InChI=1S/C12H10ClIN4O/c1-18-11(10(14)7-16-18)12(19)17-15-6-8-4-2-3-5-9(8)13/h2-7H,1H3,(H,17,19)/b15-6-. The fraction of sp³-hybridized carbons (Fsp3) is 0.0833. The van der Waals surface area contributed by atoms with Crippen LogP contribution in [0.2, 0.25) is 5.02 Å². The predicted octanol–water partition coefficient (Wildman–Crippen LogP) is 2.44. The van der Waals surface area contributed by atoms with Gasteiger partial charge in [-0.3, -0.25) is 9.48 Å². The van der Waals surface area contributed by atoms with Crippen LogP contribution in [0.25, 0.3) is 0 Å². The van der Waals surface area contributed by atoms with Crippen molar-refractivity contribution in [3.8, 4) is 0 Å². The zero-order chi connectivity index (χ0) is 13.8. The molecule has 1 N–H and O–H groups in total. The predicted molar refractivity (Wildman–Crippen MR) is 82.4 cm³/mol. The van der Waals surface area contributed by atoms with Crippen molar-refractivity contribution in [2.24, 2.45) is 12.1 Å². The number of benzene rings is 1. The molecule has 0 atom stereocenters.